The van der Waals surface area contributed by atoms with Crippen molar-refractivity contribution in [1.82, 2.24) is 4.90 Å². The normalized spacial score (nSPS) is 19.9. The first-order valence-electron chi connectivity index (χ1n) is 9.24. The minimum atomic E-state index is -0.283. The predicted molar refractivity (Wildman–Crippen MR) is 107 cm³/mol. The van der Waals surface area contributed by atoms with Gasteiger partial charge in [-0.2, -0.15) is 0 Å². The molecule has 0 saturated carbocycles. The van der Waals surface area contributed by atoms with E-state index in [1.807, 2.05) is 72.8 Å². The monoisotopic (exact) mass is 358 g/mol. The number of carbonyl (C=O) groups is 2. The van der Waals surface area contributed by atoms with Crippen LogP contribution in [-0.2, 0) is 9.59 Å². The molecule has 0 aromatic heterocycles. The van der Waals surface area contributed by atoms with Crippen molar-refractivity contribution < 1.29 is 9.59 Å². The number of amides is 2. The zero-order chi connectivity index (χ0) is 18.8. The maximum atomic E-state index is 13.2. The lowest BCUT2D eigenvalue weighted by atomic mass is 9.84. The lowest BCUT2D eigenvalue weighted by Gasteiger charge is -2.38. The highest BCUT2D eigenvalue weighted by atomic mass is 16.2. The van der Waals surface area contributed by atoms with Crippen LogP contribution in [0.4, 0.5) is 5.69 Å². The van der Waals surface area contributed by atoms with E-state index in [1.165, 1.54) is 0 Å². The number of piperidine rings is 1. The van der Waals surface area contributed by atoms with Crippen molar-refractivity contribution in [2.75, 3.05) is 12.4 Å². The Morgan fingerprint density at radius 1 is 0.963 bits per heavy atom. The third-order valence-electron chi connectivity index (χ3n) is 5.39. The summed E-state index contributed by atoms with van der Waals surface area (Å²) >= 11 is 0. The molecule has 4 nitrogen and oxygen atoms in total. The Morgan fingerprint density at radius 2 is 1.67 bits per heavy atom. The average molecular weight is 358 g/mol. The number of nitrogens with one attached hydrogen (secondary N) is 1. The summed E-state index contributed by atoms with van der Waals surface area (Å²) in [5.74, 6) is -0.244. The molecule has 1 fully saturated rings. The molecule has 27 heavy (non-hydrogen) atoms. The lowest BCUT2D eigenvalue weighted by molar-refractivity contribution is -0.140. The van der Waals surface area contributed by atoms with Crippen LogP contribution in [0, 0.1) is 5.92 Å². The molecule has 1 heterocycles. The van der Waals surface area contributed by atoms with Crippen molar-refractivity contribution in [1.29, 1.82) is 0 Å². The van der Waals surface area contributed by atoms with Crippen LogP contribution in [0.3, 0.4) is 0 Å². The molecule has 3 aromatic rings. The highest BCUT2D eigenvalue weighted by molar-refractivity contribution is 6.03. The summed E-state index contributed by atoms with van der Waals surface area (Å²) in [6.07, 6.45) is 0.951. The topological polar surface area (TPSA) is 49.4 Å². The van der Waals surface area contributed by atoms with Gasteiger partial charge in [-0.25, -0.2) is 0 Å². The molecule has 4 rings (SSSR count). The van der Waals surface area contributed by atoms with Gasteiger partial charge in [0.05, 0.1) is 12.0 Å². The zero-order valence-corrected chi connectivity index (χ0v) is 15.3. The van der Waals surface area contributed by atoms with Crippen molar-refractivity contribution in [3.05, 3.63) is 78.4 Å². The number of hydrogen-bond donors (Lipinski definition) is 1. The molecule has 4 heteroatoms. The van der Waals surface area contributed by atoms with Gasteiger partial charge in [-0.05, 0) is 23.4 Å². The first kappa shape index (κ1) is 17.3. The lowest BCUT2D eigenvalue weighted by Crippen LogP contribution is -2.44. The molecule has 0 unspecified atom stereocenters. The maximum absolute atomic E-state index is 13.2. The summed E-state index contributed by atoms with van der Waals surface area (Å²) in [5.41, 5.74) is 1.80. The highest BCUT2D eigenvalue weighted by Gasteiger charge is 2.38. The Kier molecular flexibility index (Phi) is 4.63. The van der Waals surface area contributed by atoms with E-state index in [1.54, 1.807) is 11.9 Å². The second-order valence-corrected chi connectivity index (χ2v) is 7.02. The summed E-state index contributed by atoms with van der Waals surface area (Å²) < 4.78 is 0. The third-order valence-corrected chi connectivity index (χ3v) is 5.39. The average Bonchev–Trinajstić information content (AvgIpc) is 2.71. The van der Waals surface area contributed by atoms with E-state index in [0.717, 1.165) is 22.0 Å². The van der Waals surface area contributed by atoms with Crippen LogP contribution in [0.15, 0.2) is 72.8 Å². The number of nitrogens with zero attached hydrogens (tertiary/aromatic N) is 1. The Hall–Kier alpha value is -3.14. The van der Waals surface area contributed by atoms with Crippen molar-refractivity contribution in [2.45, 2.75) is 18.9 Å². The fraction of sp³-hybridized carbons (Fsp3) is 0.217. The molecular formula is C23H22N2O2. The zero-order valence-electron chi connectivity index (χ0n) is 15.3. The van der Waals surface area contributed by atoms with Crippen LogP contribution in [0.5, 0.6) is 0 Å². The highest BCUT2D eigenvalue weighted by Crippen LogP contribution is 2.36. The van der Waals surface area contributed by atoms with E-state index in [0.29, 0.717) is 12.8 Å². The summed E-state index contributed by atoms with van der Waals surface area (Å²) in [4.78, 5) is 27.2. The van der Waals surface area contributed by atoms with Gasteiger partial charge in [0, 0.05) is 24.5 Å². The molecule has 0 aliphatic carbocycles. The molecule has 0 spiro atoms. The predicted octanol–water partition coefficient (Wildman–Crippen LogP) is 4.39. The molecule has 136 valence electrons. The van der Waals surface area contributed by atoms with E-state index in [4.69, 9.17) is 0 Å². The van der Waals surface area contributed by atoms with Crippen molar-refractivity contribution >= 4 is 28.3 Å². The summed E-state index contributed by atoms with van der Waals surface area (Å²) in [6.45, 7) is 0. The fourth-order valence-corrected chi connectivity index (χ4v) is 3.98. The van der Waals surface area contributed by atoms with E-state index in [2.05, 4.69) is 5.32 Å². The Morgan fingerprint density at radius 3 is 2.48 bits per heavy atom. The molecule has 0 bridgehead atoms. The van der Waals surface area contributed by atoms with Gasteiger partial charge in [0.2, 0.25) is 11.8 Å². The van der Waals surface area contributed by atoms with Gasteiger partial charge in [0.1, 0.15) is 0 Å². The van der Waals surface area contributed by atoms with Crippen molar-refractivity contribution in [2.24, 2.45) is 5.92 Å². The number of rotatable bonds is 3. The molecule has 2 amide bonds. The Labute approximate surface area is 158 Å². The van der Waals surface area contributed by atoms with E-state index < -0.39 is 0 Å². The van der Waals surface area contributed by atoms with Gasteiger partial charge in [0.25, 0.3) is 0 Å². The standard InChI is InChI=1S/C23H22N2O2/c1-25-21(26)15-14-19(22(25)17-9-3-2-4-10-17)23(27)24-20-13-7-11-16-8-5-6-12-18(16)20/h2-13,19,22H,14-15H2,1H3,(H,24,27)/t19-,22-/m0/s1. The van der Waals surface area contributed by atoms with E-state index >= 15 is 0 Å². The Balaban J connectivity index is 1.66. The molecule has 3 aromatic carbocycles. The number of benzene rings is 3. The molecular weight excluding hydrogens is 336 g/mol. The largest absolute Gasteiger partial charge is 0.338 e. The molecule has 2 atom stereocenters. The van der Waals surface area contributed by atoms with Crippen LogP contribution in [-0.4, -0.2) is 23.8 Å². The number of fused-ring (bicyclic) bond motifs is 1. The number of likely N-dealkylation sites (tertiary alicyclic amines) is 1. The first-order chi connectivity index (χ1) is 13.1. The van der Waals surface area contributed by atoms with Crippen molar-refractivity contribution in [3.8, 4) is 0 Å². The van der Waals surface area contributed by atoms with Gasteiger partial charge >= 0.3 is 0 Å². The smallest absolute Gasteiger partial charge is 0.229 e. The number of carbonyl (C=O) groups excluding carboxylic acids is 2. The molecule has 1 aliphatic rings. The fourth-order valence-electron chi connectivity index (χ4n) is 3.98. The number of anilines is 1. The van der Waals surface area contributed by atoms with E-state index in [-0.39, 0.29) is 23.8 Å². The molecule has 1 aliphatic heterocycles. The minimum absolute atomic E-state index is 0.0421. The van der Waals surface area contributed by atoms with Gasteiger partial charge in [-0.3, -0.25) is 9.59 Å². The third kappa shape index (κ3) is 3.31. The summed E-state index contributed by atoms with van der Waals surface area (Å²) in [5, 5.41) is 5.22. The summed E-state index contributed by atoms with van der Waals surface area (Å²) in [6, 6.07) is 23.5. The van der Waals surface area contributed by atoms with Crippen LogP contribution in [0.2, 0.25) is 0 Å². The minimum Gasteiger partial charge on any atom is -0.338 e. The Bertz CT molecular complexity index is 979. The molecule has 1 saturated heterocycles. The van der Waals surface area contributed by atoms with Gasteiger partial charge in [0.15, 0.2) is 0 Å². The quantitative estimate of drug-likeness (QED) is 0.755. The van der Waals surface area contributed by atoms with Crippen LogP contribution < -0.4 is 5.32 Å². The first-order valence-corrected chi connectivity index (χ1v) is 9.24. The van der Waals surface area contributed by atoms with Gasteiger partial charge < -0.3 is 10.2 Å². The van der Waals surface area contributed by atoms with Gasteiger partial charge in [-0.1, -0.05) is 66.7 Å². The van der Waals surface area contributed by atoms with Gasteiger partial charge in [-0.15, -0.1) is 0 Å². The van der Waals surface area contributed by atoms with E-state index in [9.17, 15) is 9.59 Å². The molecule has 1 N–H and O–H groups in total. The van der Waals surface area contributed by atoms with Crippen LogP contribution in [0.25, 0.3) is 10.8 Å². The maximum Gasteiger partial charge on any atom is 0.229 e. The van der Waals surface area contributed by atoms with Crippen molar-refractivity contribution in [3.63, 3.8) is 0 Å². The second-order valence-electron chi connectivity index (χ2n) is 7.02. The summed E-state index contributed by atoms with van der Waals surface area (Å²) in [7, 11) is 1.79. The van der Waals surface area contributed by atoms with Crippen LogP contribution in [0.1, 0.15) is 24.4 Å². The SMILES string of the molecule is CN1C(=O)CC[C@H](C(=O)Nc2cccc3ccccc23)[C@@H]1c1ccccc1. The number of hydrogen-bond acceptors (Lipinski definition) is 2. The molecule has 0 radical (unpaired) electrons. The van der Waals surface area contributed by atoms with Crippen LogP contribution >= 0.6 is 0 Å². The second kappa shape index (κ2) is 7.23.